The molecule has 1 aliphatic heterocycles. The molecule has 1 aliphatic rings. The lowest BCUT2D eigenvalue weighted by Crippen LogP contribution is -2.46. The van der Waals surface area contributed by atoms with Gasteiger partial charge in [0.25, 0.3) is 0 Å². The number of guanidine groups is 1. The Morgan fingerprint density at radius 2 is 2.00 bits per heavy atom. The summed E-state index contributed by atoms with van der Waals surface area (Å²) >= 11 is 0. The monoisotopic (exact) mass is 261 g/mol. The van der Waals surface area contributed by atoms with Crippen molar-refractivity contribution in [3.05, 3.63) is 0 Å². The summed E-state index contributed by atoms with van der Waals surface area (Å²) in [5, 5.41) is 3.11. The van der Waals surface area contributed by atoms with Crippen molar-refractivity contribution in [2.75, 3.05) is 38.7 Å². The van der Waals surface area contributed by atoms with E-state index < -0.39 is 9.84 Å². The minimum Gasteiger partial charge on any atom is -0.355 e. The zero-order valence-corrected chi connectivity index (χ0v) is 11.8. The summed E-state index contributed by atoms with van der Waals surface area (Å²) in [5.41, 5.74) is 0. The van der Waals surface area contributed by atoms with Gasteiger partial charge in [0, 0.05) is 32.9 Å². The van der Waals surface area contributed by atoms with Crippen LogP contribution in [-0.2, 0) is 9.84 Å². The summed E-state index contributed by atoms with van der Waals surface area (Å²) < 4.78 is 22.1. The van der Waals surface area contributed by atoms with Gasteiger partial charge >= 0.3 is 0 Å². The second-order valence-electron chi connectivity index (χ2n) is 4.77. The normalized spacial score (nSPS) is 19.5. The molecule has 0 aromatic carbocycles. The van der Waals surface area contributed by atoms with E-state index in [1.165, 1.54) is 19.1 Å². The average molecular weight is 261 g/mol. The van der Waals surface area contributed by atoms with E-state index in [0.29, 0.717) is 6.54 Å². The zero-order chi connectivity index (χ0) is 12.9. The summed E-state index contributed by atoms with van der Waals surface area (Å²) in [7, 11) is -1.17. The van der Waals surface area contributed by atoms with Crippen LogP contribution >= 0.6 is 0 Å². The molecule has 0 radical (unpaired) electrons. The zero-order valence-electron chi connectivity index (χ0n) is 10.9. The molecular weight excluding hydrogens is 238 g/mol. The lowest BCUT2D eigenvalue weighted by Gasteiger charge is -2.32. The summed E-state index contributed by atoms with van der Waals surface area (Å²) in [6.07, 6.45) is 3.60. The van der Waals surface area contributed by atoms with Gasteiger partial charge in [-0.25, -0.2) is 8.42 Å². The van der Waals surface area contributed by atoms with E-state index in [1.807, 2.05) is 0 Å². The maximum absolute atomic E-state index is 11.0. The molecule has 0 bridgehead atoms. The molecule has 0 amide bonds. The molecule has 0 aliphatic carbocycles. The summed E-state index contributed by atoms with van der Waals surface area (Å²) in [4.78, 5) is 6.39. The second-order valence-corrected chi connectivity index (χ2v) is 7.03. The number of rotatable bonds is 3. The summed E-state index contributed by atoms with van der Waals surface area (Å²) in [6, 6.07) is 0. The van der Waals surface area contributed by atoms with Crippen molar-refractivity contribution in [1.29, 1.82) is 0 Å². The number of nitrogens with zero attached hydrogens (tertiary/aromatic N) is 2. The predicted octanol–water partition coefficient (Wildman–Crippen LogP) is 0.338. The molecule has 0 aromatic heterocycles. The number of nitrogens with one attached hydrogen (secondary N) is 1. The maximum Gasteiger partial charge on any atom is 0.193 e. The molecule has 1 heterocycles. The highest BCUT2D eigenvalue weighted by molar-refractivity contribution is 7.90. The van der Waals surface area contributed by atoms with Gasteiger partial charge in [0.1, 0.15) is 9.84 Å². The Hall–Kier alpha value is -0.780. The van der Waals surface area contributed by atoms with E-state index >= 15 is 0 Å². The van der Waals surface area contributed by atoms with Gasteiger partial charge in [-0.3, -0.25) is 4.99 Å². The SMILES string of the molecule is CN=C(NCCS(C)(=O)=O)N1CCC(C)CC1. The van der Waals surface area contributed by atoms with Crippen LogP contribution in [0.25, 0.3) is 0 Å². The largest absolute Gasteiger partial charge is 0.355 e. The molecule has 100 valence electrons. The van der Waals surface area contributed by atoms with Crippen molar-refractivity contribution in [2.24, 2.45) is 10.9 Å². The average Bonchev–Trinajstić information content (AvgIpc) is 2.24. The van der Waals surface area contributed by atoms with E-state index in [4.69, 9.17) is 0 Å². The highest BCUT2D eigenvalue weighted by atomic mass is 32.2. The fourth-order valence-electron chi connectivity index (χ4n) is 1.90. The van der Waals surface area contributed by atoms with E-state index in [2.05, 4.69) is 22.1 Å². The molecule has 5 nitrogen and oxygen atoms in total. The molecule has 0 spiro atoms. The molecule has 1 N–H and O–H groups in total. The molecule has 0 unspecified atom stereocenters. The van der Waals surface area contributed by atoms with Crippen LogP contribution in [0.1, 0.15) is 19.8 Å². The van der Waals surface area contributed by atoms with Gasteiger partial charge in [-0.05, 0) is 18.8 Å². The minimum atomic E-state index is -2.90. The van der Waals surface area contributed by atoms with Crippen LogP contribution in [0.2, 0.25) is 0 Å². The predicted molar refractivity (Wildman–Crippen MR) is 71.0 cm³/mol. The fraction of sp³-hybridized carbons (Fsp3) is 0.909. The summed E-state index contributed by atoms with van der Waals surface area (Å²) in [6.45, 7) is 4.69. The Balaban J connectivity index is 2.39. The van der Waals surface area contributed by atoms with E-state index in [-0.39, 0.29) is 5.75 Å². The maximum atomic E-state index is 11.0. The minimum absolute atomic E-state index is 0.149. The van der Waals surface area contributed by atoms with E-state index in [1.54, 1.807) is 7.05 Å². The lowest BCUT2D eigenvalue weighted by atomic mass is 10.00. The molecule has 1 fully saturated rings. The van der Waals surface area contributed by atoms with E-state index in [9.17, 15) is 8.42 Å². The molecule has 17 heavy (non-hydrogen) atoms. The molecule has 0 saturated carbocycles. The Kier molecular flexibility index (Phi) is 5.24. The first-order chi connectivity index (χ1) is 7.92. The first-order valence-electron chi connectivity index (χ1n) is 6.05. The quantitative estimate of drug-likeness (QED) is 0.588. The first-order valence-corrected chi connectivity index (χ1v) is 8.12. The van der Waals surface area contributed by atoms with Crippen LogP contribution in [0.5, 0.6) is 0 Å². The Morgan fingerprint density at radius 1 is 1.41 bits per heavy atom. The van der Waals surface area contributed by atoms with E-state index in [0.717, 1.165) is 25.0 Å². The highest BCUT2D eigenvalue weighted by Gasteiger charge is 2.18. The molecular formula is C11H23N3O2S. The third kappa shape index (κ3) is 5.39. The molecule has 1 saturated heterocycles. The fourth-order valence-corrected chi connectivity index (χ4v) is 2.37. The number of sulfone groups is 1. The van der Waals surface area contributed by atoms with Gasteiger partial charge in [-0.1, -0.05) is 6.92 Å². The van der Waals surface area contributed by atoms with Gasteiger partial charge in [0.05, 0.1) is 5.75 Å². The summed E-state index contributed by atoms with van der Waals surface area (Å²) in [5.74, 6) is 1.75. The highest BCUT2D eigenvalue weighted by Crippen LogP contribution is 2.15. The van der Waals surface area contributed by atoms with Crippen LogP contribution in [-0.4, -0.2) is 58.0 Å². The van der Waals surface area contributed by atoms with Gasteiger partial charge in [-0.15, -0.1) is 0 Å². The Labute approximate surface area is 104 Å². The third-order valence-corrected chi connectivity index (χ3v) is 4.00. The van der Waals surface area contributed by atoms with Crippen molar-refractivity contribution in [2.45, 2.75) is 19.8 Å². The van der Waals surface area contributed by atoms with Crippen LogP contribution in [0.3, 0.4) is 0 Å². The van der Waals surface area contributed by atoms with Crippen molar-refractivity contribution in [3.63, 3.8) is 0 Å². The van der Waals surface area contributed by atoms with Gasteiger partial charge in [-0.2, -0.15) is 0 Å². The number of hydrogen-bond acceptors (Lipinski definition) is 3. The van der Waals surface area contributed by atoms with Crippen molar-refractivity contribution < 1.29 is 8.42 Å². The number of aliphatic imine (C=N–C) groups is 1. The van der Waals surface area contributed by atoms with Crippen molar-refractivity contribution in [1.82, 2.24) is 10.2 Å². The van der Waals surface area contributed by atoms with Gasteiger partial charge in [0.2, 0.25) is 0 Å². The first kappa shape index (κ1) is 14.3. The smallest absolute Gasteiger partial charge is 0.193 e. The van der Waals surface area contributed by atoms with Gasteiger partial charge < -0.3 is 10.2 Å². The molecule has 6 heteroatoms. The van der Waals surface area contributed by atoms with Crippen LogP contribution in [0.15, 0.2) is 4.99 Å². The van der Waals surface area contributed by atoms with Gasteiger partial charge in [0.15, 0.2) is 5.96 Å². The Bertz CT molecular complexity index is 357. The van der Waals surface area contributed by atoms with Crippen molar-refractivity contribution in [3.8, 4) is 0 Å². The van der Waals surface area contributed by atoms with Crippen molar-refractivity contribution >= 4 is 15.8 Å². The lowest BCUT2D eigenvalue weighted by molar-refractivity contribution is 0.274. The number of piperidine rings is 1. The number of likely N-dealkylation sites (tertiary alicyclic amines) is 1. The topological polar surface area (TPSA) is 61.8 Å². The molecule has 0 atom stereocenters. The second kappa shape index (κ2) is 6.23. The van der Waals surface area contributed by atoms with Crippen LogP contribution in [0, 0.1) is 5.92 Å². The van der Waals surface area contributed by atoms with Crippen LogP contribution in [0.4, 0.5) is 0 Å². The Morgan fingerprint density at radius 3 is 2.47 bits per heavy atom. The molecule has 0 aromatic rings. The van der Waals surface area contributed by atoms with Crippen LogP contribution < -0.4 is 5.32 Å². The standard InChI is InChI=1S/C11H23N3O2S/c1-10-4-7-14(8-5-10)11(12-2)13-6-9-17(3,15)16/h10H,4-9H2,1-3H3,(H,12,13). The molecule has 1 rings (SSSR count). The number of hydrogen-bond donors (Lipinski definition) is 1. The third-order valence-electron chi connectivity index (χ3n) is 3.05.